The molecule has 11 heteroatoms. The molecule has 0 saturated carbocycles. The first-order chi connectivity index (χ1) is 15.8. The van der Waals surface area contributed by atoms with Crippen LogP contribution in [0.4, 0.5) is 13.2 Å². The first kappa shape index (κ1) is 23.6. The number of nitrogens with zero attached hydrogens (tertiary/aromatic N) is 2. The lowest BCUT2D eigenvalue weighted by atomic mass is 10.2. The summed E-state index contributed by atoms with van der Waals surface area (Å²) >= 11 is 0. The number of aromatic nitrogens is 2. The summed E-state index contributed by atoms with van der Waals surface area (Å²) in [6.07, 6.45) is -3.42. The zero-order valence-electron chi connectivity index (χ0n) is 17.5. The van der Waals surface area contributed by atoms with E-state index in [9.17, 15) is 22.8 Å². The van der Waals surface area contributed by atoms with E-state index in [1.807, 2.05) is 6.07 Å². The zero-order valence-corrected chi connectivity index (χ0v) is 17.5. The standard InChI is InChI=1S/C22H20F3N3O5/c1-2-31-21(30)20-18(13-28(27-20)16-9-4-3-5-10-16)32-14-19(29)26-12-15-8-6-7-11-17(15)33-22(23,24)25/h3-11,13H,2,12,14H2,1H3,(H,26,29). The van der Waals surface area contributed by atoms with Crippen LogP contribution in [0.1, 0.15) is 23.0 Å². The lowest BCUT2D eigenvalue weighted by molar-refractivity contribution is -0.274. The van der Waals surface area contributed by atoms with E-state index in [0.717, 1.165) is 6.07 Å². The second-order valence-corrected chi connectivity index (χ2v) is 6.56. The van der Waals surface area contributed by atoms with Gasteiger partial charge in [0.2, 0.25) is 5.69 Å². The highest BCUT2D eigenvalue weighted by Crippen LogP contribution is 2.26. The van der Waals surface area contributed by atoms with Crippen LogP contribution in [0, 0.1) is 0 Å². The van der Waals surface area contributed by atoms with Gasteiger partial charge in [0.05, 0.1) is 18.5 Å². The van der Waals surface area contributed by atoms with Crippen molar-refractivity contribution in [2.24, 2.45) is 0 Å². The molecule has 33 heavy (non-hydrogen) atoms. The molecule has 0 aliphatic heterocycles. The van der Waals surface area contributed by atoms with E-state index >= 15 is 0 Å². The van der Waals surface area contributed by atoms with Gasteiger partial charge in [-0.3, -0.25) is 4.79 Å². The molecule has 0 aliphatic rings. The number of amides is 1. The topological polar surface area (TPSA) is 91.7 Å². The molecule has 3 rings (SSSR count). The summed E-state index contributed by atoms with van der Waals surface area (Å²) in [7, 11) is 0. The van der Waals surface area contributed by atoms with Gasteiger partial charge < -0.3 is 19.5 Å². The molecule has 8 nitrogen and oxygen atoms in total. The summed E-state index contributed by atoms with van der Waals surface area (Å²) < 4.78 is 53.4. The maximum atomic E-state index is 12.5. The van der Waals surface area contributed by atoms with E-state index in [2.05, 4.69) is 15.2 Å². The van der Waals surface area contributed by atoms with E-state index in [-0.39, 0.29) is 30.2 Å². The molecule has 1 N–H and O–H groups in total. The van der Waals surface area contributed by atoms with Gasteiger partial charge in [-0.15, -0.1) is 13.2 Å². The van der Waals surface area contributed by atoms with Crippen LogP contribution in [-0.2, 0) is 16.1 Å². The number of halogens is 3. The molecule has 2 aromatic carbocycles. The Balaban J connectivity index is 1.66. The van der Waals surface area contributed by atoms with Crippen molar-refractivity contribution >= 4 is 11.9 Å². The van der Waals surface area contributed by atoms with Crippen LogP contribution < -0.4 is 14.8 Å². The fourth-order valence-corrected chi connectivity index (χ4v) is 2.78. The third-order valence-corrected chi connectivity index (χ3v) is 4.20. The second-order valence-electron chi connectivity index (χ2n) is 6.56. The SMILES string of the molecule is CCOC(=O)c1nn(-c2ccccc2)cc1OCC(=O)NCc1ccccc1OC(F)(F)F. The largest absolute Gasteiger partial charge is 0.573 e. The molecule has 0 bridgehead atoms. The van der Waals surface area contributed by atoms with E-state index in [0.29, 0.717) is 5.69 Å². The van der Waals surface area contributed by atoms with Crippen LogP contribution in [0.25, 0.3) is 5.69 Å². The number of hydrogen-bond donors (Lipinski definition) is 1. The third kappa shape index (κ3) is 6.73. The van der Waals surface area contributed by atoms with Crippen LogP contribution in [0.2, 0.25) is 0 Å². The number of esters is 1. The van der Waals surface area contributed by atoms with E-state index in [4.69, 9.17) is 9.47 Å². The smallest absolute Gasteiger partial charge is 0.480 e. The van der Waals surface area contributed by atoms with E-state index < -0.39 is 30.6 Å². The highest BCUT2D eigenvalue weighted by molar-refractivity contribution is 5.90. The maximum Gasteiger partial charge on any atom is 0.573 e. The Morgan fingerprint density at radius 3 is 2.42 bits per heavy atom. The van der Waals surface area contributed by atoms with Gasteiger partial charge in [0.1, 0.15) is 5.75 Å². The molecule has 1 heterocycles. The highest BCUT2D eigenvalue weighted by atomic mass is 19.4. The number of benzene rings is 2. The van der Waals surface area contributed by atoms with Crippen molar-refractivity contribution in [1.82, 2.24) is 15.1 Å². The molecule has 0 atom stereocenters. The molecule has 0 unspecified atom stereocenters. The average molecular weight is 463 g/mol. The second kappa shape index (κ2) is 10.5. The van der Waals surface area contributed by atoms with Crippen LogP contribution >= 0.6 is 0 Å². The Labute approximate surface area is 186 Å². The average Bonchev–Trinajstić information content (AvgIpc) is 3.21. The van der Waals surface area contributed by atoms with Crippen molar-refractivity contribution < 1.29 is 37.0 Å². The molecule has 174 valence electrons. The van der Waals surface area contributed by atoms with Gasteiger partial charge in [-0.2, -0.15) is 5.10 Å². The molecule has 0 fully saturated rings. The Morgan fingerprint density at radius 2 is 1.73 bits per heavy atom. The predicted octanol–water partition coefficient (Wildman–Crippen LogP) is 3.64. The zero-order chi connectivity index (χ0) is 23.8. The Bertz CT molecular complexity index is 1100. The van der Waals surface area contributed by atoms with Crippen LogP contribution in [0.15, 0.2) is 60.8 Å². The monoisotopic (exact) mass is 463 g/mol. The van der Waals surface area contributed by atoms with Gasteiger partial charge in [-0.25, -0.2) is 9.48 Å². The number of nitrogens with one attached hydrogen (secondary N) is 1. The normalized spacial score (nSPS) is 11.0. The molecule has 0 aliphatic carbocycles. The van der Waals surface area contributed by atoms with Gasteiger partial charge in [0.15, 0.2) is 12.4 Å². The van der Waals surface area contributed by atoms with Crippen molar-refractivity contribution in [3.05, 3.63) is 72.1 Å². The fourth-order valence-electron chi connectivity index (χ4n) is 2.78. The molecule has 3 aromatic rings. The lowest BCUT2D eigenvalue weighted by Crippen LogP contribution is -2.29. The molecular weight excluding hydrogens is 443 g/mol. The van der Waals surface area contributed by atoms with Crippen molar-refractivity contribution in [1.29, 1.82) is 0 Å². The summed E-state index contributed by atoms with van der Waals surface area (Å²) in [6, 6.07) is 14.4. The van der Waals surface area contributed by atoms with Crippen molar-refractivity contribution in [2.75, 3.05) is 13.2 Å². The lowest BCUT2D eigenvalue weighted by Gasteiger charge is -2.13. The minimum Gasteiger partial charge on any atom is -0.480 e. The molecule has 0 spiro atoms. The van der Waals surface area contributed by atoms with Gasteiger partial charge in [-0.1, -0.05) is 36.4 Å². The minimum absolute atomic E-state index is 0.0215. The predicted molar refractivity (Wildman–Crippen MR) is 110 cm³/mol. The number of ether oxygens (including phenoxy) is 3. The summed E-state index contributed by atoms with van der Waals surface area (Å²) in [5.74, 6) is -1.74. The third-order valence-electron chi connectivity index (χ3n) is 4.20. The van der Waals surface area contributed by atoms with Crippen molar-refractivity contribution in [3.63, 3.8) is 0 Å². The Morgan fingerprint density at radius 1 is 1.03 bits per heavy atom. The molecule has 0 saturated heterocycles. The number of rotatable bonds is 9. The van der Waals surface area contributed by atoms with E-state index in [1.54, 1.807) is 31.2 Å². The van der Waals surface area contributed by atoms with Crippen molar-refractivity contribution in [2.45, 2.75) is 19.8 Å². The summed E-state index contributed by atoms with van der Waals surface area (Å²) in [5.41, 5.74) is 0.674. The van der Waals surface area contributed by atoms with Gasteiger partial charge in [0, 0.05) is 12.1 Å². The highest BCUT2D eigenvalue weighted by Gasteiger charge is 2.32. The van der Waals surface area contributed by atoms with Crippen LogP contribution in [-0.4, -0.2) is 41.2 Å². The first-order valence-corrected chi connectivity index (χ1v) is 9.82. The van der Waals surface area contributed by atoms with E-state index in [1.165, 1.54) is 29.1 Å². The number of carbonyl (C=O) groups is 2. The van der Waals surface area contributed by atoms with Gasteiger partial charge in [0.25, 0.3) is 5.91 Å². The molecular formula is C22H20F3N3O5. The Hall–Kier alpha value is -4.02. The quantitative estimate of drug-likeness (QED) is 0.487. The first-order valence-electron chi connectivity index (χ1n) is 9.82. The number of alkyl halides is 3. The molecule has 0 radical (unpaired) electrons. The summed E-state index contributed by atoms with van der Waals surface area (Å²) in [6.45, 7) is 1.04. The number of hydrogen-bond acceptors (Lipinski definition) is 6. The molecule has 1 aromatic heterocycles. The van der Waals surface area contributed by atoms with Gasteiger partial charge >= 0.3 is 12.3 Å². The van der Waals surface area contributed by atoms with Gasteiger partial charge in [-0.05, 0) is 25.1 Å². The summed E-state index contributed by atoms with van der Waals surface area (Å²) in [5, 5.41) is 6.63. The summed E-state index contributed by atoms with van der Waals surface area (Å²) in [4.78, 5) is 24.5. The fraction of sp³-hybridized carbons (Fsp3) is 0.227. The van der Waals surface area contributed by atoms with Crippen LogP contribution in [0.3, 0.4) is 0 Å². The minimum atomic E-state index is -4.86. The number of carbonyl (C=O) groups excluding carboxylic acids is 2. The number of para-hydroxylation sites is 2. The molecule has 1 amide bonds. The maximum absolute atomic E-state index is 12.5. The Kier molecular flexibility index (Phi) is 7.54. The van der Waals surface area contributed by atoms with Crippen molar-refractivity contribution in [3.8, 4) is 17.2 Å². The van der Waals surface area contributed by atoms with Crippen LogP contribution in [0.5, 0.6) is 11.5 Å².